The number of nitrogens with zero attached hydrogens (tertiary/aromatic N) is 1. The van der Waals surface area contributed by atoms with E-state index in [1.165, 1.54) is 18.2 Å². The van der Waals surface area contributed by atoms with Crippen molar-refractivity contribution in [2.75, 3.05) is 5.75 Å². The Balaban J connectivity index is 2.34. The molecule has 0 spiro atoms. The Morgan fingerprint density at radius 1 is 1.47 bits per heavy atom. The van der Waals surface area contributed by atoms with Crippen molar-refractivity contribution in [3.63, 3.8) is 0 Å². The fourth-order valence-electron chi connectivity index (χ4n) is 2.19. The first-order valence-electron chi connectivity index (χ1n) is 5.38. The molecule has 0 saturated heterocycles. The first-order valence-corrected chi connectivity index (χ1v) is 7.09. The molecule has 17 heavy (non-hydrogen) atoms. The number of halogens is 1. The van der Waals surface area contributed by atoms with Crippen molar-refractivity contribution in [3.05, 3.63) is 35.6 Å². The molecule has 1 aromatic carbocycles. The van der Waals surface area contributed by atoms with Crippen LogP contribution in [0.5, 0.6) is 0 Å². The molecule has 1 aromatic rings. The number of hydrogen-bond donors (Lipinski definition) is 0. The van der Waals surface area contributed by atoms with Gasteiger partial charge in [0.2, 0.25) is 0 Å². The van der Waals surface area contributed by atoms with Gasteiger partial charge in [0.25, 0.3) is 0 Å². The predicted molar refractivity (Wildman–Crippen MR) is 61.5 cm³/mol. The molecule has 0 heterocycles. The minimum atomic E-state index is -3.24. The van der Waals surface area contributed by atoms with Gasteiger partial charge in [0.1, 0.15) is 5.82 Å². The van der Waals surface area contributed by atoms with Gasteiger partial charge >= 0.3 is 0 Å². The van der Waals surface area contributed by atoms with Gasteiger partial charge in [-0.3, -0.25) is 0 Å². The van der Waals surface area contributed by atoms with Gasteiger partial charge in [0, 0.05) is 11.7 Å². The van der Waals surface area contributed by atoms with Crippen LogP contribution in [0.15, 0.2) is 24.3 Å². The fraction of sp³-hybridized carbons (Fsp3) is 0.417. The van der Waals surface area contributed by atoms with E-state index in [0.717, 1.165) is 0 Å². The molecule has 3 nitrogen and oxygen atoms in total. The summed E-state index contributed by atoms with van der Waals surface area (Å²) in [7, 11) is -3.24. The second-order valence-electron chi connectivity index (χ2n) is 4.15. The first-order chi connectivity index (χ1) is 8.01. The van der Waals surface area contributed by atoms with Crippen LogP contribution in [-0.2, 0) is 9.84 Å². The highest BCUT2D eigenvalue weighted by atomic mass is 32.2. The molecular weight excluding hydrogens is 241 g/mol. The molecule has 1 aliphatic carbocycles. The summed E-state index contributed by atoms with van der Waals surface area (Å²) in [5.41, 5.74) is 0.596. The molecule has 5 heteroatoms. The summed E-state index contributed by atoms with van der Waals surface area (Å²) in [6.45, 7) is 1.56. The van der Waals surface area contributed by atoms with Crippen LogP contribution in [-0.4, -0.2) is 19.4 Å². The highest BCUT2D eigenvalue weighted by Crippen LogP contribution is 2.52. The second-order valence-corrected chi connectivity index (χ2v) is 6.60. The van der Waals surface area contributed by atoms with Crippen molar-refractivity contribution in [2.45, 2.75) is 18.1 Å². The third kappa shape index (κ3) is 2.05. The molecule has 3 unspecified atom stereocenters. The smallest absolute Gasteiger partial charge is 0.154 e. The van der Waals surface area contributed by atoms with Crippen LogP contribution in [0.2, 0.25) is 0 Å². The highest BCUT2D eigenvalue weighted by molar-refractivity contribution is 7.92. The Kier molecular flexibility index (Phi) is 2.92. The summed E-state index contributed by atoms with van der Waals surface area (Å²) in [6, 6.07) is 7.81. The third-order valence-electron chi connectivity index (χ3n) is 3.15. The minimum Gasteiger partial charge on any atom is -0.228 e. The zero-order valence-electron chi connectivity index (χ0n) is 9.30. The number of benzene rings is 1. The number of hydrogen-bond acceptors (Lipinski definition) is 3. The molecule has 0 amide bonds. The van der Waals surface area contributed by atoms with Crippen molar-refractivity contribution < 1.29 is 12.8 Å². The molecule has 1 saturated carbocycles. The lowest BCUT2D eigenvalue weighted by Gasteiger charge is -2.00. The summed E-state index contributed by atoms with van der Waals surface area (Å²) in [5.74, 6) is -1.30. The van der Waals surface area contributed by atoms with Crippen molar-refractivity contribution >= 4 is 9.84 Å². The van der Waals surface area contributed by atoms with Gasteiger partial charge in [-0.25, -0.2) is 12.8 Å². The van der Waals surface area contributed by atoms with Gasteiger partial charge < -0.3 is 0 Å². The van der Waals surface area contributed by atoms with E-state index in [9.17, 15) is 12.8 Å². The molecule has 2 rings (SSSR count). The Hall–Kier alpha value is -1.41. The van der Waals surface area contributed by atoms with Gasteiger partial charge in [-0.15, -0.1) is 0 Å². The molecule has 1 aliphatic rings. The van der Waals surface area contributed by atoms with Crippen molar-refractivity contribution in [2.24, 2.45) is 5.92 Å². The van der Waals surface area contributed by atoms with E-state index in [1.54, 1.807) is 13.0 Å². The zero-order valence-corrected chi connectivity index (χ0v) is 10.1. The molecule has 0 radical (unpaired) electrons. The van der Waals surface area contributed by atoms with Gasteiger partial charge in [-0.1, -0.05) is 19.1 Å². The lowest BCUT2D eigenvalue weighted by atomic mass is 10.1. The number of nitriles is 1. The monoisotopic (exact) mass is 253 g/mol. The minimum absolute atomic E-state index is 0.0155. The molecule has 3 atom stereocenters. The topological polar surface area (TPSA) is 57.9 Å². The average molecular weight is 253 g/mol. The van der Waals surface area contributed by atoms with Crippen LogP contribution in [0.4, 0.5) is 4.39 Å². The molecular formula is C12H12FNO2S. The van der Waals surface area contributed by atoms with Gasteiger partial charge in [-0.2, -0.15) is 5.26 Å². The second kappa shape index (κ2) is 4.11. The van der Waals surface area contributed by atoms with Crippen LogP contribution >= 0.6 is 0 Å². The van der Waals surface area contributed by atoms with Gasteiger partial charge in [0.05, 0.1) is 17.2 Å². The Labute approximate surface area is 99.8 Å². The molecule has 1 fully saturated rings. The van der Waals surface area contributed by atoms with E-state index in [2.05, 4.69) is 0 Å². The summed E-state index contributed by atoms with van der Waals surface area (Å²) in [6.07, 6.45) is 0. The Morgan fingerprint density at radius 2 is 2.18 bits per heavy atom. The first kappa shape index (κ1) is 12.1. The van der Waals surface area contributed by atoms with Crippen LogP contribution < -0.4 is 0 Å². The maximum Gasteiger partial charge on any atom is 0.154 e. The van der Waals surface area contributed by atoms with Crippen LogP contribution in [0.1, 0.15) is 18.4 Å². The molecule has 0 bridgehead atoms. The van der Waals surface area contributed by atoms with Crippen molar-refractivity contribution in [1.29, 1.82) is 5.26 Å². The summed E-state index contributed by atoms with van der Waals surface area (Å²) in [4.78, 5) is 0. The summed E-state index contributed by atoms with van der Waals surface area (Å²) >= 11 is 0. The predicted octanol–water partition coefficient (Wildman–Crippen LogP) is 1.87. The lowest BCUT2D eigenvalue weighted by molar-refractivity contribution is 0.594. The zero-order chi connectivity index (χ0) is 12.6. The summed E-state index contributed by atoms with van der Waals surface area (Å²) in [5, 5.41) is 8.26. The maximum atomic E-state index is 13.1. The highest BCUT2D eigenvalue weighted by Gasteiger charge is 2.58. The van der Waals surface area contributed by atoms with E-state index in [4.69, 9.17) is 5.26 Å². The lowest BCUT2D eigenvalue weighted by Crippen LogP contribution is -2.12. The molecule has 0 aliphatic heterocycles. The quantitative estimate of drug-likeness (QED) is 0.826. The van der Waals surface area contributed by atoms with Gasteiger partial charge in [0.15, 0.2) is 9.84 Å². The number of rotatable bonds is 3. The van der Waals surface area contributed by atoms with E-state index >= 15 is 0 Å². The molecule has 90 valence electrons. The van der Waals surface area contributed by atoms with E-state index in [1.807, 2.05) is 6.07 Å². The third-order valence-corrected chi connectivity index (χ3v) is 5.37. The SMILES string of the molecule is CCS(=O)(=O)C1C(C#N)C1c1cccc(F)c1. The Morgan fingerprint density at radius 3 is 2.71 bits per heavy atom. The van der Waals surface area contributed by atoms with Crippen molar-refractivity contribution in [3.8, 4) is 6.07 Å². The average Bonchev–Trinajstić information content (AvgIpc) is 3.04. The molecule has 0 aromatic heterocycles. The molecule has 0 N–H and O–H groups in total. The normalized spacial score (nSPS) is 27.5. The van der Waals surface area contributed by atoms with E-state index < -0.39 is 26.8 Å². The fourth-order valence-corrected chi connectivity index (χ4v) is 3.93. The van der Waals surface area contributed by atoms with Gasteiger partial charge in [-0.05, 0) is 17.7 Å². The van der Waals surface area contributed by atoms with Crippen LogP contribution in [0.3, 0.4) is 0 Å². The van der Waals surface area contributed by atoms with E-state index in [-0.39, 0.29) is 11.7 Å². The van der Waals surface area contributed by atoms with Crippen LogP contribution in [0, 0.1) is 23.1 Å². The summed E-state index contributed by atoms with van der Waals surface area (Å²) < 4.78 is 36.6. The number of sulfone groups is 1. The van der Waals surface area contributed by atoms with Crippen LogP contribution in [0.25, 0.3) is 0 Å². The standard InChI is InChI=1S/C12H12FNO2S/c1-2-17(15,16)12-10(7-14)11(12)8-4-3-5-9(13)6-8/h3-6,10-12H,2H2,1H3. The largest absolute Gasteiger partial charge is 0.228 e. The van der Waals surface area contributed by atoms with E-state index in [0.29, 0.717) is 5.56 Å². The maximum absolute atomic E-state index is 13.1. The Bertz CT molecular complexity index is 576. The van der Waals surface area contributed by atoms with Crippen molar-refractivity contribution in [1.82, 2.24) is 0 Å².